The third kappa shape index (κ3) is 3.63. The second-order valence-electron chi connectivity index (χ2n) is 5.85. The van der Waals surface area contributed by atoms with Gasteiger partial charge < -0.3 is 0 Å². The molecule has 0 aromatic carbocycles. The van der Waals surface area contributed by atoms with Crippen molar-refractivity contribution in [2.45, 2.75) is 51.0 Å². The Balaban J connectivity index is 2.02. The van der Waals surface area contributed by atoms with E-state index in [1.807, 2.05) is 0 Å². The predicted molar refractivity (Wildman–Crippen MR) is 78.6 cm³/mol. The molecule has 0 spiro atoms. The first-order valence-corrected chi connectivity index (χ1v) is 9.28. The van der Waals surface area contributed by atoms with E-state index in [9.17, 15) is 8.42 Å². The molecule has 0 aromatic rings. The van der Waals surface area contributed by atoms with Crippen molar-refractivity contribution in [3.05, 3.63) is 0 Å². The van der Waals surface area contributed by atoms with E-state index >= 15 is 0 Å². The predicted octanol–water partition coefficient (Wildman–Crippen LogP) is 2.45. The summed E-state index contributed by atoms with van der Waals surface area (Å²) >= 11 is 5.93. The van der Waals surface area contributed by atoms with Crippen molar-refractivity contribution in [3.63, 3.8) is 0 Å². The molecule has 2 fully saturated rings. The maximum atomic E-state index is 12.6. The number of piperidine rings is 1. The first-order valence-electron chi connectivity index (χ1n) is 7.34. The second-order valence-corrected chi connectivity index (χ2v) is 8.15. The lowest BCUT2D eigenvalue weighted by Gasteiger charge is -2.36. The molecule has 0 N–H and O–H groups in total. The summed E-state index contributed by atoms with van der Waals surface area (Å²) in [5.74, 6) is 0.940. The summed E-state index contributed by atoms with van der Waals surface area (Å²) in [5, 5.41) is 0. The molecule has 19 heavy (non-hydrogen) atoms. The lowest BCUT2D eigenvalue weighted by atomic mass is 10.1. The Morgan fingerprint density at radius 1 is 1.16 bits per heavy atom. The number of alkyl halides is 1. The second kappa shape index (κ2) is 6.74. The monoisotopic (exact) mass is 308 g/mol. The third-order valence-electron chi connectivity index (χ3n) is 4.43. The van der Waals surface area contributed by atoms with Crippen molar-refractivity contribution < 1.29 is 8.42 Å². The summed E-state index contributed by atoms with van der Waals surface area (Å²) in [7, 11) is -1.61. The molecule has 1 aliphatic heterocycles. The summed E-state index contributed by atoms with van der Waals surface area (Å²) in [4.78, 5) is 0. The van der Waals surface area contributed by atoms with Crippen molar-refractivity contribution >= 4 is 21.8 Å². The molecule has 0 radical (unpaired) electrons. The number of rotatable bonds is 5. The highest BCUT2D eigenvalue weighted by molar-refractivity contribution is 7.86. The zero-order chi connectivity index (χ0) is 13.9. The number of halogens is 1. The van der Waals surface area contributed by atoms with Crippen LogP contribution in [0.1, 0.15) is 44.9 Å². The summed E-state index contributed by atoms with van der Waals surface area (Å²) in [6.07, 6.45) is 7.73. The van der Waals surface area contributed by atoms with E-state index in [0.717, 1.165) is 19.3 Å². The van der Waals surface area contributed by atoms with Crippen LogP contribution in [0.4, 0.5) is 0 Å². The van der Waals surface area contributed by atoms with Crippen molar-refractivity contribution in [1.29, 1.82) is 0 Å². The summed E-state index contributed by atoms with van der Waals surface area (Å²) in [5.41, 5.74) is 0. The van der Waals surface area contributed by atoms with Gasteiger partial charge >= 0.3 is 0 Å². The first-order chi connectivity index (χ1) is 9.05. The van der Waals surface area contributed by atoms with Crippen molar-refractivity contribution in [2.24, 2.45) is 5.92 Å². The molecule has 1 aliphatic carbocycles. The average Bonchev–Trinajstić information content (AvgIpc) is 2.91. The molecule has 2 aliphatic rings. The third-order valence-corrected chi connectivity index (χ3v) is 6.80. The Morgan fingerprint density at radius 2 is 1.79 bits per heavy atom. The van der Waals surface area contributed by atoms with E-state index in [-0.39, 0.29) is 6.04 Å². The highest BCUT2D eigenvalue weighted by Crippen LogP contribution is 2.28. The smallest absolute Gasteiger partial charge is 0.195 e. The Kier molecular flexibility index (Phi) is 5.52. The van der Waals surface area contributed by atoms with Crippen molar-refractivity contribution in [1.82, 2.24) is 8.61 Å². The largest absolute Gasteiger partial charge is 0.282 e. The summed E-state index contributed by atoms with van der Waals surface area (Å²) in [6.45, 7) is 1.28. The lowest BCUT2D eigenvalue weighted by molar-refractivity contribution is 0.247. The molecule has 1 unspecified atom stereocenters. The van der Waals surface area contributed by atoms with Gasteiger partial charge in [-0.25, -0.2) is 0 Å². The van der Waals surface area contributed by atoms with Crippen LogP contribution >= 0.6 is 11.6 Å². The minimum absolute atomic E-state index is 0.0218. The number of hydrogen-bond acceptors (Lipinski definition) is 2. The highest BCUT2D eigenvalue weighted by Gasteiger charge is 2.35. The van der Waals surface area contributed by atoms with E-state index < -0.39 is 10.2 Å². The van der Waals surface area contributed by atoms with E-state index in [1.54, 1.807) is 15.7 Å². The van der Waals surface area contributed by atoms with Crippen LogP contribution < -0.4 is 0 Å². The molecule has 0 amide bonds. The van der Waals surface area contributed by atoms with Crippen molar-refractivity contribution in [3.8, 4) is 0 Å². The zero-order valence-corrected chi connectivity index (χ0v) is 13.3. The first kappa shape index (κ1) is 15.5. The maximum absolute atomic E-state index is 12.6. The molecule has 2 rings (SSSR count). The SMILES string of the molecule is CN(CC1CCCC1)S(=O)(=O)N1CCCCC1CCl. The molecular weight excluding hydrogens is 284 g/mol. The molecule has 0 aromatic heterocycles. The fraction of sp³-hybridized carbons (Fsp3) is 1.00. The van der Waals surface area contributed by atoms with Gasteiger partial charge in [0, 0.05) is 32.1 Å². The Morgan fingerprint density at radius 3 is 2.42 bits per heavy atom. The molecule has 112 valence electrons. The van der Waals surface area contributed by atoms with Crippen LogP contribution in [0.15, 0.2) is 0 Å². The van der Waals surface area contributed by atoms with Crippen LogP contribution in [0.3, 0.4) is 0 Å². The minimum Gasteiger partial charge on any atom is -0.195 e. The highest BCUT2D eigenvalue weighted by atomic mass is 35.5. The van der Waals surface area contributed by atoms with E-state index in [2.05, 4.69) is 0 Å². The van der Waals surface area contributed by atoms with Gasteiger partial charge in [0.15, 0.2) is 0 Å². The Labute approximate surface area is 122 Å². The van der Waals surface area contributed by atoms with Gasteiger partial charge in [0.05, 0.1) is 0 Å². The molecule has 1 saturated heterocycles. The van der Waals surface area contributed by atoms with E-state index in [0.29, 0.717) is 24.9 Å². The van der Waals surface area contributed by atoms with Gasteiger partial charge in [0.1, 0.15) is 0 Å². The minimum atomic E-state index is -3.33. The molecule has 0 bridgehead atoms. The standard InChI is InChI=1S/C13H25ClN2O2S/c1-15(11-12-6-2-3-7-12)19(17,18)16-9-5-4-8-13(16)10-14/h12-13H,2-11H2,1H3. The fourth-order valence-electron chi connectivity index (χ4n) is 3.26. The molecule has 1 atom stereocenters. The molecule has 4 nitrogen and oxygen atoms in total. The average molecular weight is 309 g/mol. The van der Waals surface area contributed by atoms with Crippen LogP contribution in [-0.4, -0.2) is 49.1 Å². The Bertz CT molecular complexity index is 382. The molecule has 6 heteroatoms. The van der Waals surface area contributed by atoms with E-state index in [1.165, 1.54) is 25.7 Å². The van der Waals surface area contributed by atoms with Crippen LogP contribution in [0, 0.1) is 5.92 Å². The van der Waals surface area contributed by atoms with Gasteiger partial charge in [-0.2, -0.15) is 17.0 Å². The van der Waals surface area contributed by atoms with Crippen LogP contribution in [0.25, 0.3) is 0 Å². The van der Waals surface area contributed by atoms with E-state index in [4.69, 9.17) is 11.6 Å². The summed E-state index contributed by atoms with van der Waals surface area (Å²) < 4.78 is 28.4. The van der Waals surface area contributed by atoms with Gasteiger partial charge in [-0.05, 0) is 31.6 Å². The van der Waals surface area contributed by atoms with Crippen molar-refractivity contribution in [2.75, 3.05) is 26.0 Å². The molecule has 1 saturated carbocycles. The quantitative estimate of drug-likeness (QED) is 0.732. The van der Waals surface area contributed by atoms with Crippen LogP contribution in [0.5, 0.6) is 0 Å². The number of nitrogens with zero attached hydrogens (tertiary/aromatic N) is 2. The summed E-state index contributed by atoms with van der Waals surface area (Å²) in [6, 6.07) is -0.0218. The maximum Gasteiger partial charge on any atom is 0.282 e. The Hall–Kier alpha value is 0.160. The van der Waals surface area contributed by atoms with Gasteiger partial charge in [0.2, 0.25) is 0 Å². The molecular formula is C13H25ClN2O2S. The molecule has 1 heterocycles. The number of hydrogen-bond donors (Lipinski definition) is 0. The van der Waals surface area contributed by atoms with Gasteiger partial charge in [-0.3, -0.25) is 0 Å². The van der Waals surface area contributed by atoms with Gasteiger partial charge in [-0.1, -0.05) is 19.3 Å². The van der Waals surface area contributed by atoms with Gasteiger partial charge in [0.25, 0.3) is 10.2 Å². The lowest BCUT2D eigenvalue weighted by Crippen LogP contribution is -2.51. The topological polar surface area (TPSA) is 40.6 Å². The normalized spacial score (nSPS) is 27.2. The van der Waals surface area contributed by atoms with Gasteiger partial charge in [-0.15, -0.1) is 11.6 Å². The van der Waals surface area contributed by atoms with Crippen LogP contribution in [0.2, 0.25) is 0 Å². The fourth-order valence-corrected chi connectivity index (χ4v) is 5.34. The van der Waals surface area contributed by atoms with Crippen LogP contribution in [-0.2, 0) is 10.2 Å². The zero-order valence-electron chi connectivity index (χ0n) is 11.7.